The second-order valence-electron chi connectivity index (χ2n) is 2.10. The van der Waals surface area contributed by atoms with Gasteiger partial charge in [0.1, 0.15) is 0 Å². The number of halogens is 1. The van der Waals surface area contributed by atoms with Crippen molar-refractivity contribution in [2.75, 3.05) is 13.2 Å². The summed E-state index contributed by atoms with van der Waals surface area (Å²) in [5, 5.41) is 0. The van der Waals surface area contributed by atoms with Gasteiger partial charge in [0.25, 0.3) is 0 Å². The molecule has 0 atom stereocenters. The quantitative estimate of drug-likeness (QED) is 0.675. The van der Waals surface area contributed by atoms with Crippen LogP contribution in [0.3, 0.4) is 0 Å². The summed E-state index contributed by atoms with van der Waals surface area (Å²) in [4.78, 5) is 0. The molecule has 0 saturated heterocycles. The molecule has 0 saturated carbocycles. The molecule has 0 unspecified atom stereocenters. The van der Waals surface area contributed by atoms with E-state index in [0.717, 1.165) is 12.8 Å². The zero-order valence-electron chi connectivity index (χ0n) is 6.80. The SMILES string of the molecule is CCC(CC)OCCN.Cl. The van der Waals surface area contributed by atoms with Gasteiger partial charge in [-0.15, -0.1) is 12.4 Å². The van der Waals surface area contributed by atoms with Gasteiger partial charge in [-0.25, -0.2) is 0 Å². The largest absolute Gasteiger partial charge is 0.377 e. The Morgan fingerprint density at radius 1 is 1.30 bits per heavy atom. The van der Waals surface area contributed by atoms with Gasteiger partial charge in [0.2, 0.25) is 0 Å². The maximum Gasteiger partial charge on any atom is 0.0592 e. The zero-order chi connectivity index (χ0) is 7.11. The molecule has 0 rings (SSSR count). The fourth-order valence-electron chi connectivity index (χ4n) is 0.759. The molecule has 2 nitrogen and oxygen atoms in total. The maximum atomic E-state index is 5.36. The molecule has 10 heavy (non-hydrogen) atoms. The molecule has 0 fully saturated rings. The summed E-state index contributed by atoms with van der Waals surface area (Å²) < 4.78 is 5.36. The average molecular weight is 168 g/mol. The molecule has 0 aliphatic rings. The lowest BCUT2D eigenvalue weighted by molar-refractivity contribution is 0.0537. The highest BCUT2D eigenvalue weighted by Gasteiger charge is 1.99. The Balaban J connectivity index is 0. The van der Waals surface area contributed by atoms with Crippen molar-refractivity contribution in [3.8, 4) is 0 Å². The third kappa shape index (κ3) is 6.33. The Kier molecular flexibility index (Phi) is 11.8. The van der Waals surface area contributed by atoms with Crippen LogP contribution in [0, 0.1) is 0 Å². The number of hydrogen-bond acceptors (Lipinski definition) is 2. The third-order valence-electron chi connectivity index (χ3n) is 1.38. The van der Waals surface area contributed by atoms with Crippen LogP contribution in [0.2, 0.25) is 0 Å². The third-order valence-corrected chi connectivity index (χ3v) is 1.38. The Morgan fingerprint density at radius 2 is 1.80 bits per heavy atom. The monoisotopic (exact) mass is 167 g/mol. The van der Waals surface area contributed by atoms with Crippen molar-refractivity contribution in [2.24, 2.45) is 5.73 Å². The van der Waals surface area contributed by atoms with E-state index in [9.17, 15) is 0 Å². The molecule has 3 heteroatoms. The van der Waals surface area contributed by atoms with Crippen molar-refractivity contribution >= 4 is 12.4 Å². The van der Waals surface area contributed by atoms with Crippen molar-refractivity contribution in [3.63, 3.8) is 0 Å². The average Bonchev–Trinajstić information content (AvgIpc) is 1.91. The van der Waals surface area contributed by atoms with E-state index < -0.39 is 0 Å². The highest BCUT2D eigenvalue weighted by molar-refractivity contribution is 5.85. The van der Waals surface area contributed by atoms with Crippen LogP contribution >= 0.6 is 12.4 Å². The molecular weight excluding hydrogens is 150 g/mol. The minimum Gasteiger partial charge on any atom is -0.377 e. The topological polar surface area (TPSA) is 35.2 Å². The summed E-state index contributed by atoms with van der Waals surface area (Å²) in [6, 6.07) is 0. The van der Waals surface area contributed by atoms with Gasteiger partial charge in [-0.05, 0) is 12.8 Å². The second kappa shape index (κ2) is 9.21. The summed E-state index contributed by atoms with van der Waals surface area (Å²) in [5.41, 5.74) is 5.26. The number of nitrogens with two attached hydrogens (primary N) is 1. The van der Waals surface area contributed by atoms with Crippen molar-refractivity contribution in [1.82, 2.24) is 0 Å². The first-order valence-electron chi connectivity index (χ1n) is 3.66. The lowest BCUT2D eigenvalue weighted by atomic mass is 10.2. The van der Waals surface area contributed by atoms with Gasteiger partial charge in [0.15, 0.2) is 0 Å². The number of rotatable bonds is 5. The summed E-state index contributed by atoms with van der Waals surface area (Å²) in [6.45, 7) is 5.60. The molecule has 0 amide bonds. The first-order chi connectivity index (χ1) is 4.35. The van der Waals surface area contributed by atoms with E-state index in [4.69, 9.17) is 10.5 Å². The van der Waals surface area contributed by atoms with Gasteiger partial charge in [0.05, 0.1) is 12.7 Å². The summed E-state index contributed by atoms with van der Waals surface area (Å²) >= 11 is 0. The van der Waals surface area contributed by atoms with Crippen molar-refractivity contribution in [1.29, 1.82) is 0 Å². The van der Waals surface area contributed by atoms with E-state index in [-0.39, 0.29) is 12.4 Å². The Hall–Kier alpha value is 0.210. The highest BCUT2D eigenvalue weighted by Crippen LogP contribution is 2.00. The molecule has 0 aromatic heterocycles. The van der Waals surface area contributed by atoms with Crippen LogP contribution in [0.1, 0.15) is 26.7 Å². The van der Waals surface area contributed by atoms with Gasteiger partial charge in [-0.3, -0.25) is 0 Å². The summed E-state index contributed by atoms with van der Waals surface area (Å²) in [6.07, 6.45) is 2.61. The van der Waals surface area contributed by atoms with Gasteiger partial charge < -0.3 is 10.5 Å². The van der Waals surface area contributed by atoms with E-state index in [2.05, 4.69) is 13.8 Å². The molecule has 2 N–H and O–H groups in total. The lowest BCUT2D eigenvalue weighted by Gasteiger charge is -2.11. The van der Waals surface area contributed by atoms with E-state index in [1.54, 1.807) is 0 Å². The highest BCUT2D eigenvalue weighted by atomic mass is 35.5. The van der Waals surface area contributed by atoms with Crippen LogP contribution in [0.4, 0.5) is 0 Å². The first kappa shape index (κ1) is 12.8. The molecule has 0 aliphatic heterocycles. The molecule has 0 aliphatic carbocycles. The Bertz CT molecular complexity index is 57.6. The smallest absolute Gasteiger partial charge is 0.0592 e. The minimum atomic E-state index is 0. The number of ether oxygens (including phenoxy) is 1. The predicted octanol–water partition coefficient (Wildman–Crippen LogP) is 1.57. The van der Waals surface area contributed by atoms with E-state index in [1.165, 1.54) is 0 Å². The van der Waals surface area contributed by atoms with Crippen molar-refractivity contribution in [3.05, 3.63) is 0 Å². The Morgan fingerprint density at radius 3 is 2.10 bits per heavy atom. The first-order valence-corrected chi connectivity index (χ1v) is 3.66. The van der Waals surface area contributed by atoms with Crippen LogP contribution in [0.15, 0.2) is 0 Å². The van der Waals surface area contributed by atoms with Crippen LogP contribution in [-0.4, -0.2) is 19.3 Å². The molecule has 0 bridgehead atoms. The predicted molar refractivity (Wildman–Crippen MR) is 46.6 cm³/mol. The summed E-state index contributed by atoms with van der Waals surface area (Å²) in [7, 11) is 0. The van der Waals surface area contributed by atoms with Crippen LogP contribution in [-0.2, 0) is 4.74 Å². The van der Waals surface area contributed by atoms with Gasteiger partial charge in [-0.2, -0.15) is 0 Å². The van der Waals surface area contributed by atoms with Gasteiger partial charge >= 0.3 is 0 Å². The Labute approximate surface area is 69.5 Å². The molecular formula is C7H18ClNO. The zero-order valence-corrected chi connectivity index (χ0v) is 7.62. The lowest BCUT2D eigenvalue weighted by Crippen LogP contribution is -2.16. The molecule has 64 valence electrons. The molecule has 0 aromatic carbocycles. The normalized spacial score (nSPS) is 9.60. The summed E-state index contributed by atoms with van der Waals surface area (Å²) in [5.74, 6) is 0. The minimum absolute atomic E-state index is 0. The maximum absolute atomic E-state index is 5.36. The van der Waals surface area contributed by atoms with Crippen LogP contribution in [0.5, 0.6) is 0 Å². The molecule has 0 radical (unpaired) electrons. The second-order valence-corrected chi connectivity index (χ2v) is 2.10. The fourth-order valence-corrected chi connectivity index (χ4v) is 0.759. The number of hydrogen-bond donors (Lipinski definition) is 1. The van der Waals surface area contributed by atoms with Gasteiger partial charge in [-0.1, -0.05) is 13.8 Å². The van der Waals surface area contributed by atoms with E-state index in [1.807, 2.05) is 0 Å². The fraction of sp³-hybridized carbons (Fsp3) is 1.00. The molecule has 0 aromatic rings. The standard InChI is InChI=1S/C7H17NO.ClH/c1-3-7(4-2)9-6-5-8;/h7H,3-6,8H2,1-2H3;1H. The molecule has 0 heterocycles. The van der Waals surface area contributed by atoms with Crippen molar-refractivity contribution in [2.45, 2.75) is 32.8 Å². The van der Waals surface area contributed by atoms with Crippen LogP contribution in [0.25, 0.3) is 0 Å². The van der Waals surface area contributed by atoms with E-state index >= 15 is 0 Å². The van der Waals surface area contributed by atoms with Crippen LogP contribution < -0.4 is 5.73 Å². The van der Waals surface area contributed by atoms with Gasteiger partial charge in [0, 0.05) is 6.54 Å². The van der Waals surface area contributed by atoms with Crippen molar-refractivity contribution < 1.29 is 4.74 Å². The van der Waals surface area contributed by atoms with E-state index in [0.29, 0.717) is 19.3 Å². The molecule has 0 spiro atoms.